The summed E-state index contributed by atoms with van der Waals surface area (Å²) in [6.45, 7) is 11.5. The second-order valence-corrected chi connectivity index (χ2v) is 10.1. The van der Waals surface area contributed by atoms with Crippen LogP contribution in [0.4, 0.5) is 0 Å². The van der Waals surface area contributed by atoms with E-state index in [-0.39, 0.29) is 11.1 Å². The lowest BCUT2D eigenvalue weighted by molar-refractivity contribution is -0.925. The Hall–Kier alpha value is -0.160. The summed E-state index contributed by atoms with van der Waals surface area (Å²) in [5, 5.41) is 13.0. The first-order valence-corrected chi connectivity index (χ1v) is 10.5. The van der Waals surface area contributed by atoms with E-state index in [0.29, 0.717) is 6.04 Å². The largest absolute Gasteiger partial charge is 0.331 e. The molecule has 1 rings (SSSR count). The van der Waals surface area contributed by atoms with Crippen LogP contribution in [0.5, 0.6) is 0 Å². The summed E-state index contributed by atoms with van der Waals surface area (Å²) < 4.78 is 2.12. The molecule has 4 heteroatoms. The molecule has 1 fully saturated rings. The van der Waals surface area contributed by atoms with Crippen molar-refractivity contribution in [3.05, 3.63) is 0 Å². The monoisotopic (exact) mass is 357 g/mol. The third-order valence-electron chi connectivity index (χ3n) is 7.31. The normalized spacial score (nSPS) is 22.3. The molecule has 0 saturated carbocycles. The van der Waals surface area contributed by atoms with Gasteiger partial charge in [0.1, 0.15) is 0 Å². The fourth-order valence-electron chi connectivity index (χ4n) is 4.93. The molecule has 0 radical (unpaired) electrons. The van der Waals surface area contributed by atoms with Crippen molar-refractivity contribution in [3.63, 3.8) is 0 Å². The average Bonchev–Trinajstić information content (AvgIpc) is 2.54. The van der Waals surface area contributed by atoms with Gasteiger partial charge in [-0.25, -0.2) is 0 Å². The minimum absolute atomic E-state index is 0.0649. The molecule has 25 heavy (non-hydrogen) atoms. The highest BCUT2D eigenvalue weighted by molar-refractivity contribution is 5.03. The van der Waals surface area contributed by atoms with Crippen molar-refractivity contribution in [2.75, 3.05) is 48.3 Å². The molecule has 0 atom stereocenters. The topological polar surface area (TPSA) is 23.5 Å². The molecule has 0 unspecified atom stereocenters. The van der Waals surface area contributed by atoms with Crippen LogP contribution < -0.4 is 0 Å². The number of hydrogen-bond donors (Lipinski definition) is 1. The third-order valence-corrected chi connectivity index (χ3v) is 7.31. The highest BCUT2D eigenvalue weighted by atomic mass is 16.5. The summed E-state index contributed by atoms with van der Waals surface area (Å²) >= 11 is 0. The van der Waals surface area contributed by atoms with Gasteiger partial charge in [-0.05, 0) is 25.7 Å². The standard InChI is InChI=1S/C21H47N3O/c1-10-20(11-2)17-19(18-21(12-3,13-4)22(20)25)24(8,9)16-14-15-23(5,6)7/h19,25H,10-18H2,1-9H3/q+2. The van der Waals surface area contributed by atoms with Crippen LogP contribution in [-0.4, -0.2) is 84.7 Å². The molecular weight excluding hydrogens is 310 g/mol. The zero-order chi connectivity index (χ0) is 19.5. The third kappa shape index (κ3) is 4.97. The van der Waals surface area contributed by atoms with Gasteiger partial charge in [-0.3, -0.25) is 0 Å². The molecule has 0 bridgehead atoms. The van der Waals surface area contributed by atoms with Crippen LogP contribution in [0.25, 0.3) is 0 Å². The van der Waals surface area contributed by atoms with Crippen LogP contribution >= 0.6 is 0 Å². The zero-order valence-corrected chi connectivity index (χ0v) is 18.7. The first-order chi connectivity index (χ1) is 11.4. The van der Waals surface area contributed by atoms with Gasteiger partial charge >= 0.3 is 0 Å². The first-order valence-electron chi connectivity index (χ1n) is 10.5. The molecule has 4 nitrogen and oxygen atoms in total. The second kappa shape index (κ2) is 8.24. The minimum atomic E-state index is -0.0649. The van der Waals surface area contributed by atoms with Crippen molar-refractivity contribution in [2.45, 2.75) is 89.8 Å². The Kier molecular flexibility index (Phi) is 7.55. The lowest BCUT2D eigenvalue weighted by Gasteiger charge is -2.58. The number of quaternary nitrogens is 2. The van der Waals surface area contributed by atoms with Gasteiger partial charge in [0.25, 0.3) is 0 Å². The maximum atomic E-state index is 11.2. The SMILES string of the molecule is CCC1(CC)CC([N+](C)(C)CCC[N+](C)(C)C)CC(CC)(CC)N1O. The average molecular weight is 358 g/mol. The van der Waals surface area contributed by atoms with E-state index in [1.54, 1.807) is 0 Å². The molecule has 0 spiro atoms. The summed E-state index contributed by atoms with van der Waals surface area (Å²) in [5.74, 6) is 0. The summed E-state index contributed by atoms with van der Waals surface area (Å²) in [6, 6.07) is 0.621. The molecule has 0 aromatic carbocycles. The van der Waals surface area contributed by atoms with Gasteiger partial charge in [-0.1, -0.05) is 27.7 Å². The molecule has 0 aromatic rings. The highest BCUT2D eigenvalue weighted by Crippen LogP contribution is 2.46. The molecule has 1 aliphatic rings. The number of rotatable bonds is 9. The quantitative estimate of drug-likeness (QED) is 0.627. The minimum Gasteiger partial charge on any atom is -0.331 e. The summed E-state index contributed by atoms with van der Waals surface area (Å²) in [4.78, 5) is 0. The molecule has 0 amide bonds. The summed E-state index contributed by atoms with van der Waals surface area (Å²) in [6.07, 6.45) is 7.57. The molecule has 0 aliphatic carbocycles. The molecule has 1 saturated heterocycles. The Morgan fingerprint density at radius 3 is 1.52 bits per heavy atom. The van der Waals surface area contributed by atoms with E-state index in [0.717, 1.165) is 47.5 Å². The lowest BCUT2D eigenvalue weighted by Crippen LogP contribution is -2.69. The van der Waals surface area contributed by atoms with E-state index in [4.69, 9.17) is 0 Å². The predicted octanol–water partition coefficient (Wildman–Crippen LogP) is 4.13. The van der Waals surface area contributed by atoms with E-state index < -0.39 is 0 Å². The first kappa shape index (κ1) is 22.9. The van der Waals surface area contributed by atoms with Crippen molar-refractivity contribution in [1.29, 1.82) is 0 Å². The van der Waals surface area contributed by atoms with Crippen LogP contribution in [0.15, 0.2) is 0 Å². The van der Waals surface area contributed by atoms with Crippen LogP contribution in [0, 0.1) is 0 Å². The molecule has 1 N–H and O–H groups in total. The van der Waals surface area contributed by atoms with Crippen molar-refractivity contribution in [2.24, 2.45) is 0 Å². The Balaban J connectivity index is 3.05. The Morgan fingerprint density at radius 2 is 1.20 bits per heavy atom. The van der Waals surface area contributed by atoms with E-state index >= 15 is 0 Å². The predicted molar refractivity (Wildman–Crippen MR) is 108 cm³/mol. The van der Waals surface area contributed by atoms with Crippen molar-refractivity contribution < 1.29 is 14.2 Å². The maximum absolute atomic E-state index is 11.2. The van der Waals surface area contributed by atoms with E-state index in [1.165, 1.54) is 19.5 Å². The Bertz CT molecular complexity index is 384. The van der Waals surface area contributed by atoms with Gasteiger partial charge in [0.05, 0.1) is 65.4 Å². The second-order valence-electron chi connectivity index (χ2n) is 10.1. The van der Waals surface area contributed by atoms with Gasteiger partial charge in [-0.15, -0.1) is 0 Å². The van der Waals surface area contributed by atoms with Crippen LogP contribution in [0.1, 0.15) is 72.6 Å². The number of nitrogens with zero attached hydrogens (tertiary/aromatic N) is 3. The fraction of sp³-hybridized carbons (Fsp3) is 1.00. The smallest absolute Gasteiger partial charge is 0.0923 e. The van der Waals surface area contributed by atoms with Gasteiger partial charge in [0.2, 0.25) is 0 Å². The Labute approximate surface area is 157 Å². The molecular formula is C21H47N3O+2. The van der Waals surface area contributed by atoms with Crippen LogP contribution in [0.3, 0.4) is 0 Å². The fourth-order valence-corrected chi connectivity index (χ4v) is 4.93. The number of hydroxylamine groups is 2. The van der Waals surface area contributed by atoms with E-state index in [9.17, 15) is 5.21 Å². The van der Waals surface area contributed by atoms with Gasteiger partial charge in [-0.2, -0.15) is 5.06 Å². The summed E-state index contributed by atoms with van der Waals surface area (Å²) in [7, 11) is 11.7. The van der Waals surface area contributed by atoms with Crippen LogP contribution in [0.2, 0.25) is 0 Å². The molecule has 1 aliphatic heterocycles. The summed E-state index contributed by atoms with van der Waals surface area (Å²) in [5.41, 5.74) is -0.130. The van der Waals surface area contributed by atoms with Gasteiger partial charge in [0, 0.05) is 19.3 Å². The van der Waals surface area contributed by atoms with Crippen molar-refractivity contribution in [3.8, 4) is 0 Å². The van der Waals surface area contributed by atoms with Gasteiger partial charge in [0.15, 0.2) is 0 Å². The molecule has 150 valence electrons. The maximum Gasteiger partial charge on any atom is 0.0923 e. The zero-order valence-electron chi connectivity index (χ0n) is 18.7. The number of piperidine rings is 1. The van der Waals surface area contributed by atoms with Crippen molar-refractivity contribution in [1.82, 2.24) is 5.06 Å². The van der Waals surface area contributed by atoms with Gasteiger partial charge < -0.3 is 14.2 Å². The highest BCUT2D eigenvalue weighted by Gasteiger charge is 2.54. The lowest BCUT2D eigenvalue weighted by atomic mass is 9.70. The Morgan fingerprint density at radius 1 is 0.800 bits per heavy atom. The molecule has 1 heterocycles. The van der Waals surface area contributed by atoms with Crippen LogP contribution in [-0.2, 0) is 0 Å². The number of hydrogen-bond acceptors (Lipinski definition) is 2. The van der Waals surface area contributed by atoms with Crippen molar-refractivity contribution >= 4 is 0 Å². The van der Waals surface area contributed by atoms with E-state index in [1.807, 2.05) is 5.06 Å². The molecule has 0 aromatic heterocycles. The van der Waals surface area contributed by atoms with E-state index in [2.05, 4.69) is 62.9 Å².